The zero-order valence-corrected chi connectivity index (χ0v) is 12.2. The summed E-state index contributed by atoms with van der Waals surface area (Å²) in [4.78, 5) is 25.2. The molecule has 2 N–H and O–H groups in total. The van der Waals surface area contributed by atoms with Gasteiger partial charge in [0.2, 0.25) is 0 Å². The average Bonchev–Trinajstić information content (AvgIpc) is 2.92. The molecule has 2 saturated heterocycles. The zero-order valence-electron chi connectivity index (χ0n) is 12.2. The number of likely N-dealkylation sites (tertiary alicyclic amines) is 1. The number of amides is 2. The second-order valence-electron chi connectivity index (χ2n) is 6.25. The van der Waals surface area contributed by atoms with Gasteiger partial charge >= 0.3 is 12.0 Å². The van der Waals surface area contributed by atoms with Crippen molar-refractivity contribution in [2.24, 2.45) is 11.3 Å². The molecule has 2 heterocycles. The Labute approximate surface area is 119 Å². The summed E-state index contributed by atoms with van der Waals surface area (Å²) in [6, 6.07) is -0.0976. The van der Waals surface area contributed by atoms with Gasteiger partial charge in [0.1, 0.15) is 0 Å². The molecule has 0 saturated carbocycles. The van der Waals surface area contributed by atoms with Crippen LogP contribution in [0.5, 0.6) is 0 Å². The fourth-order valence-electron chi connectivity index (χ4n) is 2.94. The van der Waals surface area contributed by atoms with E-state index in [1.807, 2.05) is 6.92 Å². The number of urea groups is 1. The van der Waals surface area contributed by atoms with Gasteiger partial charge in [-0.15, -0.1) is 0 Å². The summed E-state index contributed by atoms with van der Waals surface area (Å²) in [6.45, 7) is 6.05. The van der Waals surface area contributed by atoms with Gasteiger partial charge in [-0.2, -0.15) is 0 Å². The van der Waals surface area contributed by atoms with E-state index in [-0.39, 0.29) is 18.6 Å². The van der Waals surface area contributed by atoms with E-state index >= 15 is 0 Å². The molecule has 0 aliphatic carbocycles. The van der Waals surface area contributed by atoms with Crippen molar-refractivity contribution >= 4 is 12.0 Å². The van der Waals surface area contributed by atoms with Crippen LogP contribution >= 0.6 is 0 Å². The number of nitrogens with zero attached hydrogens (tertiary/aromatic N) is 1. The second kappa shape index (κ2) is 5.99. The van der Waals surface area contributed by atoms with Crippen molar-refractivity contribution in [3.05, 3.63) is 0 Å². The molecular formula is C14H24N2O4. The minimum absolute atomic E-state index is 0.0583. The van der Waals surface area contributed by atoms with Gasteiger partial charge in [-0.1, -0.05) is 0 Å². The van der Waals surface area contributed by atoms with Crippen LogP contribution in [0.15, 0.2) is 0 Å². The lowest BCUT2D eigenvalue weighted by molar-refractivity contribution is -0.150. The number of hydrogen-bond acceptors (Lipinski definition) is 3. The van der Waals surface area contributed by atoms with Crippen LogP contribution < -0.4 is 5.32 Å². The first-order valence-electron chi connectivity index (χ1n) is 7.29. The molecule has 2 amide bonds. The number of carbonyl (C=O) groups excluding carboxylic acids is 1. The lowest BCUT2D eigenvalue weighted by Crippen LogP contribution is -2.53. The minimum atomic E-state index is -0.827. The highest BCUT2D eigenvalue weighted by Gasteiger charge is 2.39. The number of piperidine rings is 1. The molecule has 2 aliphatic heterocycles. The van der Waals surface area contributed by atoms with Crippen LogP contribution in [0.4, 0.5) is 4.79 Å². The Hall–Kier alpha value is -1.30. The maximum Gasteiger partial charge on any atom is 0.317 e. The average molecular weight is 284 g/mol. The largest absolute Gasteiger partial charge is 0.481 e. The Bertz CT molecular complexity index is 381. The smallest absolute Gasteiger partial charge is 0.317 e. The maximum atomic E-state index is 12.3. The van der Waals surface area contributed by atoms with Crippen LogP contribution in [0.25, 0.3) is 0 Å². The third kappa shape index (κ3) is 3.23. The summed E-state index contributed by atoms with van der Waals surface area (Å²) >= 11 is 0. The van der Waals surface area contributed by atoms with Crippen molar-refractivity contribution in [2.75, 3.05) is 26.3 Å². The van der Waals surface area contributed by atoms with E-state index in [1.165, 1.54) is 0 Å². The highest BCUT2D eigenvalue weighted by molar-refractivity contribution is 5.78. The van der Waals surface area contributed by atoms with Crippen molar-refractivity contribution in [3.8, 4) is 0 Å². The quantitative estimate of drug-likeness (QED) is 0.819. The lowest BCUT2D eigenvalue weighted by Gasteiger charge is -2.38. The van der Waals surface area contributed by atoms with E-state index in [2.05, 4.69) is 5.32 Å². The lowest BCUT2D eigenvalue weighted by atomic mass is 9.82. The number of ether oxygens (including phenoxy) is 1. The molecule has 2 aliphatic rings. The predicted octanol–water partition coefficient (Wildman–Crippen LogP) is 1.31. The van der Waals surface area contributed by atoms with Crippen LogP contribution in [0, 0.1) is 11.3 Å². The van der Waals surface area contributed by atoms with E-state index in [0.29, 0.717) is 25.5 Å². The Balaban J connectivity index is 1.90. The van der Waals surface area contributed by atoms with Crippen molar-refractivity contribution in [1.29, 1.82) is 0 Å². The topological polar surface area (TPSA) is 78.9 Å². The van der Waals surface area contributed by atoms with Gasteiger partial charge < -0.3 is 20.1 Å². The normalized spacial score (nSPS) is 31.9. The number of carbonyl (C=O) groups is 2. The Morgan fingerprint density at radius 1 is 1.50 bits per heavy atom. The Kier molecular flexibility index (Phi) is 4.52. The summed E-state index contributed by atoms with van der Waals surface area (Å²) in [5.41, 5.74) is -0.824. The van der Waals surface area contributed by atoms with Crippen LogP contribution in [-0.2, 0) is 9.53 Å². The molecule has 6 heteroatoms. The molecule has 0 aromatic rings. The third-order valence-corrected chi connectivity index (χ3v) is 4.52. The monoisotopic (exact) mass is 284 g/mol. The summed E-state index contributed by atoms with van der Waals surface area (Å²) in [7, 11) is 0. The van der Waals surface area contributed by atoms with Gasteiger partial charge in [0, 0.05) is 31.7 Å². The number of nitrogens with one attached hydrogen (secondary N) is 1. The molecule has 0 radical (unpaired) electrons. The van der Waals surface area contributed by atoms with Crippen LogP contribution in [0.2, 0.25) is 0 Å². The number of rotatable bonds is 3. The maximum absolute atomic E-state index is 12.3. The van der Waals surface area contributed by atoms with E-state index < -0.39 is 11.4 Å². The molecule has 0 bridgehead atoms. The molecule has 0 aromatic heterocycles. The number of carboxylic acids is 1. The minimum Gasteiger partial charge on any atom is -0.481 e. The summed E-state index contributed by atoms with van der Waals surface area (Å²) < 4.78 is 5.33. The Morgan fingerprint density at radius 3 is 2.85 bits per heavy atom. The SMILES string of the molecule is CC(NC(=O)N1CCCC(C)(C(=O)O)C1)C1CCOC1. The molecule has 6 nitrogen and oxygen atoms in total. The van der Waals surface area contributed by atoms with E-state index in [0.717, 1.165) is 19.4 Å². The van der Waals surface area contributed by atoms with E-state index in [4.69, 9.17) is 4.74 Å². The third-order valence-electron chi connectivity index (χ3n) is 4.52. The van der Waals surface area contributed by atoms with Crippen molar-refractivity contribution in [3.63, 3.8) is 0 Å². The highest BCUT2D eigenvalue weighted by atomic mass is 16.5. The van der Waals surface area contributed by atoms with Gasteiger partial charge in [-0.05, 0) is 33.1 Å². The molecule has 20 heavy (non-hydrogen) atoms. The fraction of sp³-hybridized carbons (Fsp3) is 0.857. The first kappa shape index (κ1) is 15.1. The first-order valence-corrected chi connectivity index (χ1v) is 7.29. The van der Waals surface area contributed by atoms with Gasteiger partial charge in [-0.25, -0.2) is 4.79 Å². The standard InChI is InChI=1S/C14H24N2O4/c1-10(11-4-7-20-8-11)15-13(19)16-6-3-5-14(2,9-16)12(17)18/h10-11H,3-9H2,1-2H3,(H,15,19)(H,17,18). The summed E-state index contributed by atoms with van der Waals surface area (Å²) in [5, 5.41) is 12.3. The fourth-order valence-corrected chi connectivity index (χ4v) is 2.94. The van der Waals surface area contributed by atoms with Gasteiger partial charge in [0.05, 0.1) is 12.0 Å². The van der Waals surface area contributed by atoms with Gasteiger partial charge in [0.15, 0.2) is 0 Å². The molecule has 3 unspecified atom stereocenters. The predicted molar refractivity (Wildman–Crippen MR) is 73.5 cm³/mol. The molecule has 0 spiro atoms. The molecule has 114 valence electrons. The number of carboxylic acid groups (broad SMARTS) is 1. The van der Waals surface area contributed by atoms with Crippen LogP contribution in [-0.4, -0.2) is 54.4 Å². The molecule has 3 atom stereocenters. The summed E-state index contributed by atoms with van der Waals surface area (Å²) in [6.07, 6.45) is 2.32. The molecule has 2 rings (SSSR count). The van der Waals surface area contributed by atoms with E-state index in [1.54, 1.807) is 11.8 Å². The first-order chi connectivity index (χ1) is 9.42. The van der Waals surface area contributed by atoms with Crippen molar-refractivity contribution in [1.82, 2.24) is 10.2 Å². The van der Waals surface area contributed by atoms with E-state index in [9.17, 15) is 14.7 Å². The molecule has 2 fully saturated rings. The van der Waals surface area contributed by atoms with Gasteiger partial charge in [-0.3, -0.25) is 4.79 Å². The van der Waals surface area contributed by atoms with Gasteiger partial charge in [0.25, 0.3) is 0 Å². The van der Waals surface area contributed by atoms with Crippen molar-refractivity contribution in [2.45, 2.75) is 39.2 Å². The Morgan fingerprint density at radius 2 is 2.25 bits per heavy atom. The molecule has 0 aromatic carbocycles. The highest BCUT2D eigenvalue weighted by Crippen LogP contribution is 2.29. The number of hydrogen-bond donors (Lipinski definition) is 2. The van der Waals surface area contributed by atoms with Crippen LogP contribution in [0.3, 0.4) is 0 Å². The zero-order chi connectivity index (χ0) is 14.8. The summed E-state index contributed by atoms with van der Waals surface area (Å²) in [5.74, 6) is -0.471. The number of aliphatic carboxylic acids is 1. The van der Waals surface area contributed by atoms with Crippen LogP contribution in [0.1, 0.15) is 33.1 Å². The molecular weight excluding hydrogens is 260 g/mol. The van der Waals surface area contributed by atoms with Crippen molar-refractivity contribution < 1.29 is 19.4 Å². The second-order valence-corrected chi connectivity index (χ2v) is 6.25.